The maximum Gasteiger partial charge on any atom is 0.124 e. The standard InChI is InChI=1S/C17H21BrFNO/c1-2-9-20-15(7-8-16-4-3-10-21-16)11-13-5-6-14(19)12-17(13)18/h3-6,10,12,15,20H,2,7-9,11H2,1H3. The van der Waals surface area contributed by atoms with Crippen molar-refractivity contribution in [3.8, 4) is 0 Å². The number of furan rings is 1. The van der Waals surface area contributed by atoms with E-state index in [1.54, 1.807) is 6.26 Å². The fourth-order valence-corrected chi connectivity index (χ4v) is 2.86. The van der Waals surface area contributed by atoms with E-state index in [0.29, 0.717) is 6.04 Å². The number of hydrogen-bond acceptors (Lipinski definition) is 2. The van der Waals surface area contributed by atoms with E-state index in [1.165, 1.54) is 12.1 Å². The Morgan fingerprint density at radius 3 is 2.86 bits per heavy atom. The van der Waals surface area contributed by atoms with Gasteiger partial charge in [-0.25, -0.2) is 4.39 Å². The van der Waals surface area contributed by atoms with Crippen LogP contribution in [-0.4, -0.2) is 12.6 Å². The predicted octanol–water partition coefficient (Wildman–Crippen LogP) is 4.72. The molecule has 0 aliphatic carbocycles. The van der Waals surface area contributed by atoms with Crippen molar-refractivity contribution in [2.45, 2.75) is 38.6 Å². The number of hydrogen-bond donors (Lipinski definition) is 1. The second kappa shape index (κ2) is 8.35. The summed E-state index contributed by atoms with van der Waals surface area (Å²) in [5.74, 6) is 0.802. The van der Waals surface area contributed by atoms with Gasteiger partial charge < -0.3 is 9.73 Å². The lowest BCUT2D eigenvalue weighted by Crippen LogP contribution is -2.32. The van der Waals surface area contributed by atoms with E-state index in [-0.39, 0.29) is 5.82 Å². The highest BCUT2D eigenvalue weighted by Crippen LogP contribution is 2.21. The zero-order valence-corrected chi connectivity index (χ0v) is 13.8. The van der Waals surface area contributed by atoms with Gasteiger partial charge in [-0.05, 0) is 55.6 Å². The van der Waals surface area contributed by atoms with Crippen LogP contribution in [-0.2, 0) is 12.8 Å². The Kier molecular flexibility index (Phi) is 6.46. The molecule has 114 valence electrons. The molecule has 2 rings (SSSR count). The van der Waals surface area contributed by atoms with Crippen molar-refractivity contribution < 1.29 is 8.81 Å². The van der Waals surface area contributed by atoms with Crippen molar-refractivity contribution in [2.75, 3.05) is 6.54 Å². The van der Waals surface area contributed by atoms with Crippen molar-refractivity contribution in [1.29, 1.82) is 0 Å². The molecular formula is C17H21BrFNO. The molecule has 1 heterocycles. The molecule has 4 heteroatoms. The minimum absolute atomic E-state index is 0.209. The third kappa shape index (κ3) is 5.29. The van der Waals surface area contributed by atoms with Gasteiger partial charge in [0.25, 0.3) is 0 Å². The van der Waals surface area contributed by atoms with Gasteiger partial charge in [0.2, 0.25) is 0 Å². The van der Waals surface area contributed by atoms with Crippen LogP contribution in [0.1, 0.15) is 31.1 Å². The Morgan fingerprint density at radius 1 is 1.33 bits per heavy atom. The van der Waals surface area contributed by atoms with Gasteiger partial charge in [0.15, 0.2) is 0 Å². The largest absolute Gasteiger partial charge is 0.469 e. The maximum atomic E-state index is 13.2. The lowest BCUT2D eigenvalue weighted by atomic mass is 10.0. The van der Waals surface area contributed by atoms with Gasteiger partial charge in [0, 0.05) is 16.9 Å². The van der Waals surface area contributed by atoms with E-state index < -0.39 is 0 Å². The van der Waals surface area contributed by atoms with E-state index in [2.05, 4.69) is 28.2 Å². The summed E-state index contributed by atoms with van der Waals surface area (Å²) in [5.41, 5.74) is 1.13. The topological polar surface area (TPSA) is 25.2 Å². The molecule has 1 aromatic carbocycles. The number of benzene rings is 1. The molecule has 0 bridgehead atoms. The van der Waals surface area contributed by atoms with Crippen LogP contribution in [0.5, 0.6) is 0 Å². The van der Waals surface area contributed by atoms with Crippen LogP contribution in [0.3, 0.4) is 0 Å². The Hall–Kier alpha value is -1.13. The first kappa shape index (κ1) is 16.2. The highest BCUT2D eigenvalue weighted by molar-refractivity contribution is 9.10. The summed E-state index contributed by atoms with van der Waals surface area (Å²) in [7, 11) is 0. The zero-order chi connectivity index (χ0) is 15.1. The molecule has 0 saturated carbocycles. The Bertz CT molecular complexity index is 542. The molecule has 2 aromatic rings. The number of halogens is 2. The molecule has 0 fully saturated rings. The molecule has 1 N–H and O–H groups in total. The second-order valence-corrected chi connectivity index (χ2v) is 6.06. The van der Waals surface area contributed by atoms with Crippen LogP contribution in [0.4, 0.5) is 4.39 Å². The van der Waals surface area contributed by atoms with Crippen LogP contribution in [0.2, 0.25) is 0 Å². The van der Waals surface area contributed by atoms with Crippen LogP contribution in [0.15, 0.2) is 45.5 Å². The van der Waals surface area contributed by atoms with E-state index in [9.17, 15) is 4.39 Å². The van der Waals surface area contributed by atoms with Crippen LogP contribution in [0.25, 0.3) is 0 Å². The molecule has 0 amide bonds. The number of aryl methyl sites for hydroxylation is 1. The number of nitrogens with one attached hydrogen (secondary N) is 1. The van der Waals surface area contributed by atoms with E-state index in [1.807, 2.05) is 18.2 Å². The molecule has 0 aliphatic rings. The lowest BCUT2D eigenvalue weighted by Gasteiger charge is -2.19. The van der Waals surface area contributed by atoms with Crippen LogP contribution < -0.4 is 5.32 Å². The highest BCUT2D eigenvalue weighted by Gasteiger charge is 2.12. The summed E-state index contributed by atoms with van der Waals surface area (Å²) in [5, 5.41) is 3.57. The predicted molar refractivity (Wildman–Crippen MR) is 86.9 cm³/mol. The van der Waals surface area contributed by atoms with Crippen molar-refractivity contribution in [1.82, 2.24) is 5.32 Å². The summed E-state index contributed by atoms with van der Waals surface area (Å²) in [6.07, 6.45) is 5.59. The van der Waals surface area contributed by atoms with E-state index in [0.717, 1.165) is 48.0 Å². The third-order valence-corrected chi connectivity index (χ3v) is 4.22. The number of rotatable bonds is 8. The molecule has 2 nitrogen and oxygen atoms in total. The van der Waals surface area contributed by atoms with E-state index in [4.69, 9.17) is 4.42 Å². The molecule has 0 radical (unpaired) electrons. The zero-order valence-electron chi connectivity index (χ0n) is 12.2. The minimum Gasteiger partial charge on any atom is -0.469 e. The second-order valence-electron chi connectivity index (χ2n) is 5.21. The SMILES string of the molecule is CCCNC(CCc1ccco1)Cc1ccc(F)cc1Br. The van der Waals surface area contributed by atoms with Gasteiger partial charge >= 0.3 is 0 Å². The van der Waals surface area contributed by atoms with Gasteiger partial charge in [0.1, 0.15) is 11.6 Å². The van der Waals surface area contributed by atoms with Crippen LogP contribution in [0, 0.1) is 5.82 Å². The third-order valence-electron chi connectivity index (χ3n) is 3.48. The maximum absolute atomic E-state index is 13.2. The Labute approximate surface area is 133 Å². The van der Waals surface area contributed by atoms with Crippen molar-refractivity contribution in [2.24, 2.45) is 0 Å². The average molecular weight is 354 g/mol. The van der Waals surface area contributed by atoms with Crippen molar-refractivity contribution >= 4 is 15.9 Å². The normalized spacial score (nSPS) is 12.5. The monoisotopic (exact) mass is 353 g/mol. The molecule has 1 atom stereocenters. The average Bonchev–Trinajstić information content (AvgIpc) is 2.97. The summed E-state index contributed by atoms with van der Waals surface area (Å²) >= 11 is 3.45. The molecule has 21 heavy (non-hydrogen) atoms. The van der Waals surface area contributed by atoms with Gasteiger partial charge in [0.05, 0.1) is 6.26 Å². The Balaban J connectivity index is 1.97. The highest BCUT2D eigenvalue weighted by atomic mass is 79.9. The Morgan fingerprint density at radius 2 is 2.19 bits per heavy atom. The summed E-state index contributed by atoms with van der Waals surface area (Å²) < 4.78 is 19.4. The summed E-state index contributed by atoms with van der Waals surface area (Å²) in [4.78, 5) is 0. The quantitative estimate of drug-likeness (QED) is 0.742. The lowest BCUT2D eigenvalue weighted by molar-refractivity contribution is 0.441. The van der Waals surface area contributed by atoms with Gasteiger partial charge in [-0.3, -0.25) is 0 Å². The minimum atomic E-state index is -0.209. The smallest absolute Gasteiger partial charge is 0.124 e. The fourth-order valence-electron chi connectivity index (χ4n) is 2.35. The van der Waals surface area contributed by atoms with E-state index >= 15 is 0 Å². The molecule has 0 spiro atoms. The van der Waals surface area contributed by atoms with Crippen LogP contribution >= 0.6 is 15.9 Å². The van der Waals surface area contributed by atoms with Gasteiger partial charge in [-0.1, -0.05) is 28.9 Å². The fraction of sp³-hybridized carbons (Fsp3) is 0.412. The summed E-state index contributed by atoms with van der Waals surface area (Å²) in [6, 6.07) is 9.18. The van der Waals surface area contributed by atoms with Crippen molar-refractivity contribution in [3.05, 3.63) is 58.2 Å². The molecule has 0 saturated heterocycles. The first-order valence-corrected chi connectivity index (χ1v) is 8.18. The molecule has 0 aliphatic heterocycles. The first-order valence-electron chi connectivity index (χ1n) is 7.38. The van der Waals surface area contributed by atoms with Crippen molar-refractivity contribution in [3.63, 3.8) is 0 Å². The first-order chi connectivity index (χ1) is 10.2. The van der Waals surface area contributed by atoms with Gasteiger partial charge in [-0.2, -0.15) is 0 Å². The molecule has 1 unspecified atom stereocenters. The molecular weight excluding hydrogens is 333 g/mol. The van der Waals surface area contributed by atoms with Gasteiger partial charge in [-0.15, -0.1) is 0 Å². The summed E-state index contributed by atoms with van der Waals surface area (Å²) in [6.45, 7) is 3.14. The molecule has 1 aromatic heterocycles.